The highest BCUT2D eigenvalue weighted by molar-refractivity contribution is 5.55. The third kappa shape index (κ3) is 3.67. The number of aromatic nitrogens is 3. The van der Waals surface area contributed by atoms with Crippen molar-refractivity contribution in [3.8, 4) is 0 Å². The first-order chi connectivity index (χ1) is 11.0. The number of likely N-dealkylation sites (tertiary alicyclic amines) is 1. The molecule has 5 nitrogen and oxygen atoms in total. The van der Waals surface area contributed by atoms with Gasteiger partial charge in [-0.05, 0) is 52.3 Å². The van der Waals surface area contributed by atoms with Crippen LogP contribution in [-0.2, 0) is 0 Å². The van der Waals surface area contributed by atoms with Crippen molar-refractivity contribution in [2.24, 2.45) is 0 Å². The van der Waals surface area contributed by atoms with E-state index < -0.39 is 0 Å². The molecule has 3 heterocycles. The van der Waals surface area contributed by atoms with Gasteiger partial charge in [0.1, 0.15) is 17.5 Å². The molecule has 1 saturated heterocycles. The van der Waals surface area contributed by atoms with Crippen molar-refractivity contribution >= 4 is 11.6 Å². The molecule has 0 saturated carbocycles. The maximum absolute atomic E-state index is 4.76. The fourth-order valence-corrected chi connectivity index (χ4v) is 3.04. The van der Waals surface area contributed by atoms with Gasteiger partial charge in [0.2, 0.25) is 0 Å². The third-order valence-electron chi connectivity index (χ3n) is 4.44. The van der Waals surface area contributed by atoms with Gasteiger partial charge in [0.05, 0.1) is 0 Å². The van der Waals surface area contributed by atoms with Crippen LogP contribution in [0.15, 0.2) is 24.4 Å². The van der Waals surface area contributed by atoms with Crippen molar-refractivity contribution in [3.63, 3.8) is 0 Å². The van der Waals surface area contributed by atoms with E-state index in [9.17, 15) is 0 Å². The summed E-state index contributed by atoms with van der Waals surface area (Å²) in [4.78, 5) is 16.3. The predicted molar refractivity (Wildman–Crippen MR) is 93.1 cm³/mol. The summed E-state index contributed by atoms with van der Waals surface area (Å²) < 4.78 is 0. The second-order valence-electron chi connectivity index (χ2n) is 6.62. The second kappa shape index (κ2) is 6.62. The van der Waals surface area contributed by atoms with Crippen LogP contribution in [0.5, 0.6) is 0 Å². The highest BCUT2D eigenvalue weighted by atomic mass is 15.2. The van der Waals surface area contributed by atoms with E-state index >= 15 is 0 Å². The number of rotatable bonds is 4. The van der Waals surface area contributed by atoms with E-state index in [1.54, 1.807) is 6.20 Å². The molecule has 0 radical (unpaired) electrons. The molecule has 2 aromatic rings. The van der Waals surface area contributed by atoms with Crippen LogP contribution in [0, 0.1) is 13.8 Å². The Balaban J connectivity index is 1.81. The summed E-state index contributed by atoms with van der Waals surface area (Å²) in [5.41, 5.74) is 2.10. The second-order valence-corrected chi connectivity index (χ2v) is 6.62. The van der Waals surface area contributed by atoms with Gasteiger partial charge in [0.15, 0.2) is 0 Å². The fraction of sp³-hybridized carbons (Fsp3) is 0.500. The summed E-state index contributed by atoms with van der Waals surface area (Å²) >= 11 is 0. The van der Waals surface area contributed by atoms with E-state index in [0.717, 1.165) is 48.2 Å². The van der Waals surface area contributed by atoms with Gasteiger partial charge in [0.25, 0.3) is 0 Å². The molecule has 23 heavy (non-hydrogen) atoms. The van der Waals surface area contributed by atoms with Crippen molar-refractivity contribution in [2.75, 3.05) is 18.4 Å². The Kier molecular flexibility index (Phi) is 4.57. The Labute approximate surface area is 138 Å². The highest BCUT2D eigenvalue weighted by Gasteiger charge is 2.27. The average molecular weight is 311 g/mol. The minimum absolute atomic E-state index is 0.419. The molecular weight excluding hydrogens is 286 g/mol. The van der Waals surface area contributed by atoms with E-state index in [1.807, 2.05) is 32.0 Å². The first-order valence-electron chi connectivity index (χ1n) is 8.31. The highest BCUT2D eigenvalue weighted by Crippen LogP contribution is 2.27. The van der Waals surface area contributed by atoms with Crippen molar-refractivity contribution in [3.05, 3.63) is 41.5 Å². The van der Waals surface area contributed by atoms with Crippen LogP contribution in [0.4, 0.5) is 11.6 Å². The van der Waals surface area contributed by atoms with Crippen LogP contribution in [-0.4, -0.2) is 39.0 Å². The van der Waals surface area contributed by atoms with Crippen molar-refractivity contribution in [1.82, 2.24) is 19.9 Å². The van der Waals surface area contributed by atoms with Crippen LogP contribution in [0.2, 0.25) is 0 Å². The van der Waals surface area contributed by atoms with E-state index in [-0.39, 0.29) is 0 Å². The van der Waals surface area contributed by atoms with Crippen LogP contribution >= 0.6 is 0 Å². The number of hydrogen-bond acceptors (Lipinski definition) is 5. The molecule has 1 aliphatic heterocycles. The number of aryl methyl sites for hydroxylation is 2. The van der Waals surface area contributed by atoms with Crippen molar-refractivity contribution in [1.29, 1.82) is 0 Å². The van der Waals surface area contributed by atoms with E-state index in [4.69, 9.17) is 4.98 Å². The molecule has 0 aromatic carbocycles. The molecule has 3 rings (SSSR count). The molecule has 122 valence electrons. The molecular formula is C18H25N5. The number of nitrogens with one attached hydrogen (secondary N) is 1. The number of anilines is 2. The van der Waals surface area contributed by atoms with Gasteiger partial charge >= 0.3 is 0 Å². The van der Waals surface area contributed by atoms with E-state index in [2.05, 4.69) is 34.0 Å². The van der Waals surface area contributed by atoms with Gasteiger partial charge in [0, 0.05) is 36.5 Å². The lowest BCUT2D eigenvalue weighted by molar-refractivity contribution is 0.272. The largest absolute Gasteiger partial charge is 0.325 e. The summed E-state index contributed by atoms with van der Waals surface area (Å²) in [5, 5.41) is 3.34. The third-order valence-corrected chi connectivity index (χ3v) is 4.44. The van der Waals surface area contributed by atoms with Gasteiger partial charge in [-0.15, -0.1) is 0 Å². The number of hydrogen-bond donors (Lipinski definition) is 1. The molecule has 1 fully saturated rings. The van der Waals surface area contributed by atoms with Gasteiger partial charge in [-0.2, -0.15) is 0 Å². The summed E-state index contributed by atoms with van der Waals surface area (Å²) in [6.07, 6.45) is 2.92. The maximum atomic E-state index is 4.76. The molecule has 0 spiro atoms. The summed E-state index contributed by atoms with van der Waals surface area (Å²) in [5.74, 6) is 3.05. The molecule has 0 unspecified atom stereocenters. The lowest BCUT2D eigenvalue weighted by Crippen LogP contribution is -2.28. The minimum atomic E-state index is 0.419. The normalized spacial score (nSPS) is 18.6. The number of pyridine rings is 1. The van der Waals surface area contributed by atoms with Crippen LogP contribution in [0.3, 0.4) is 0 Å². The maximum Gasteiger partial charge on any atom is 0.135 e. The van der Waals surface area contributed by atoms with Gasteiger partial charge < -0.3 is 10.2 Å². The van der Waals surface area contributed by atoms with Gasteiger partial charge in [-0.3, -0.25) is 0 Å². The zero-order chi connectivity index (χ0) is 16.4. The zero-order valence-electron chi connectivity index (χ0n) is 14.4. The SMILES string of the molecule is Cc1cc(Nc2ncccc2C)nc([C@@H]2CCN(C(C)C)C2)n1. The first kappa shape index (κ1) is 15.9. The van der Waals surface area contributed by atoms with Crippen LogP contribution < -0.4 is 5.32 Å². The molecule has 5 heteroatoms. The molecule has 0 amide bonds. The van der Waals surface area contributed by atoms with Gasteiger partial charge in [-0.25, -0.2) is 15.0 Å². The molecule has 1 atom stereocenters. The molecule has 2 aromatic heterocycles. The number of nitrogens with zero attached hydrogens (tertiary/aromatic N) is 4. The molecule has 1 N–H and O–H groups in total. The first-order valence-corrected chi connectivity index (χ1v) is 8.31. The minimum Gasteiger partial charge on any atom is -0.325 e. The topological polar surface area (TPSA) is 53.9 Å². The van der Waals surface area contributed by atoms with Crippen molar-refractivity contribution < 1.29 is 0 Å². The Morgan fingerprint density at radius 1 is 1.26 bits per heavy atom. The summed E-state index contributed by atoms with van der Waals surface area (Å²) in [6, 6.07) is 6.55. The van der Waals surface area contributed by atoms with Crippen LogP contribution in [0.1, 0.15) is 43.3 Å². The quantitative estimate of drug-likeness (QED) is 0.937. The lowest BCUT2D eigenvalue weighted by Gasteiger charge is -2.20. The fourth-order valence-electron chi connectivity index (χ4n) is 3.04. The van der Waals surface area contributed by atoms with Gasteiger partial charge in [-0.1, -0.05) is 6.07 Å². The Bertz CT molecular complexity index is 683. The Hall–Kier alpha value is -2.01. The standard InChI is InChI=1S/C18H25N5/c1-12(2)23-9-7-15(11-23)18-20-14(4)10-16(22-18)21-17-13(3)6-5-8-19-17/h5-6,8,10,12,15H,7,9,11H2,1-4H3,(H,19,20,21,22)/t15-/m1/s1. The van der Waals surface area contributed by atoms with E-state index in [0.29, 0.717) is 12.0 Å². The smallest absolute Gasteiger partial charge is 0.135 e. The predicted octanol–water partition coefficient (Wildman–Crippen LogP) is 3.43. The van der Waals surface area contributed by atoms with E-state index in [1.165, 1.54) is 0 Å². The average Bonchev–Trinajstić information content (AvgIpc) is 2.99. The monoisotopic (exact) mass is 311 g/mol. The summed E-state index contributed by atoms with van der Waals surface area (Å²) in [7, 11) is 0. The van der Waals surface area contributed by atoms with Crippen molar-refractivity contribution in [2.45, 2.75) is 46.1 Å². The molecule has 0 aliphatic carbocycles. The lowest BCUT2D eigenvalue weighted by atomic mass is 10.1. The van der Waals surface area contributed by atoms with Crippen LogP contribution in [0.25, 0.3) is 0 Å². The molecule has 0 bridgehead atoms. The zero-order valence-corrected chi connectivity index (χ0v) is 14.4. The molecule has 1 aliphatic rings. The Morgan fingerprint density at radius 2 is 2.09 bits per heavy atom. The Morgan fingerprint density at radius 3 is 2.78 bits per heavy atom. The summed E-state index contributed by atoms with van der Waals surface area (Å²) in [6.45, 7) is 10.7.